The largest absolute Gasteiger partial charge is 0.377 e. The van der Waals surface area contributed by atoms with Gasteiger partial charge in [0.15, 0.2) is 0 Å². The SMILES string of the molecule is CCOCc1ccccc1NC(=O)N1CCS[C@@H](CC)C1. The van der Waals surface area contributed by atoms with Gasteiger partial charge in [-0.3, -0.25) is 0 Å². The predicted octanol–water partition coefficient (Wildman–Crippen LogP) is 3.58. The highest BCUT2D eigenvalue weighted by atomic mass is 32.2. The molecule has 1 N–H and O–H groups in total. The first-order valence-electron chi connectivity index (χ1n) is 7.57. The van der Waals surface area contributed by atoms with Crippen molar-refractivity contribution in [1.82, 2.24) is 4.90 Å². The van der Waals surface area contributed by atoms with Crippen molar-refractivity contribution in [2.24, 2.45) is 0 Å². The summed E-state index contributed by atoms with van der Waals surface area (Å²) in [6, 6.07) is 7.83. The van der Waals surface area contributed by atoms with Crippen LogP contribution in [0.15, 0.2) is 24.3 Å². The number of carbonyl (C=O) groups is 1. The van der Waals surface area contributed by atoms with E-state index in [1.54, 1.807) is 0 Å². The van der Waals surface area contributed by atoms with Gasteiger partial charge in [0.1, 0.15) is 0 Å². The summed E-state index contributed by atoms with van der Waals surface area (Å²) >= 11 is 1.96. The summed E-state index contributed by atoms with van der Waals surface area (Å²) < 4.78 is 5.45. The number of nitrogens with zero attached hydrogens (tertiary/aromatic N) is 1. The summed E-state index contributed by atoms with van der Waals surface area (Å²) in [5.41, 5.74) is 1.87. The Morgan fingerprint density at radius 3 is 3.00 bits per heavy atom. The van der Waals surface area contributed by atoms with Gasteiger partial charge >= 0.3 is 6.03 Å². The summed E-state index contributed by atoms with van der Waals surface area (Å²) in [4.78, 5) is 14.3. The molecule has 0 saturated carbocycles. The fraction of sp³-hybridized carbons (Fsp3) is 0.562. The standard InChI is InChI=1S/C16H24N2O2S/c1-3-14-11-18(9-10-21-14)16(19)17-15-8-6-5-7-13(15)12-20-4-2/h5-8,14H,3-4,9-12H2,1-2H3,(H,17,19)/t14-/m0/s1. The second-order valence-electron chi connectivity index (χ2n) is 5.07. The molecule has 4 nitrogen and oxygen atoms in total. The molecule has 2 amide bonds. The van der Waals surface area contributed by atoms with Gasteiger partial charge in [-0.15, -0.1) is 0 Å². The summed E-state index contributed by atoms with van der Waals surface area (Å²) in [7, 11) is 0. The zero-order chi connectivity index (χ0) is 15.1. The number of hydrogen-bond donors (Lipinski definition) is 1. The van der Waals surface area contributed by atoms with Crippen LogP contribution in [0.4, 0.5) is 10.5 Å². The molecule has 1 aliphatic rings. The van der Waals surface area contributed by atoms with Crippen molar-refractivity contribution in [3.05, 3.63) is 29.8 Å². The van der Waals surface area contributed by atoms with Crippen molar-refractivity contribution in [1.29, 1.82) is 0 Å². The Hall–Kier alpha value is -1.20. The molecular formula is C16H24N2O2S. The van der Waals surface area contributed by atoms with E-state index >= 15 is 0 Å². The lowest BCUT2D eigenvalue weighted by atomic mass is 10.2. The van der Waals surface area contributed by atoms with Gasteiger partial charge < -0.3 is 15.0 Å². The number of benzene rings is 1. The number of ether oxygens (including phenoxy) is 1. The first-order valence-corrected chi connectivity index (χ1v) is 8.62. The molecule has 0 bridgehead atoms. The number of nitrogens with one attached hydrogen (secondary N) is 1. The first kappa shape index (κ1) is 16.2. The molecular weight excluding hydrogens is 284 g/mol. The van der Waals surface area contributed by atoms with Crippen molar-refractivity contribution >= 4 is 23.5 Å². The third-order valence-corrected chi connectivity index (χ3v) is 4.97. The monoisotopic (exact) mass is 308 g/mol. The van der Waals surface area contributed by atoms with E-state index < -0.39 is 0 Å². The van der Waals surface area contributed by atoms with Crippen molar-refractivity contribution in [2.45, 2.75) is 32.1 Å². The van der Waals surface area contributed by atoms with Crippen LogP contribution in [0, 0.1) is 0 Å². The summed E-state index contributed by atoms with van der Waals surface area (Å²) in [5.74, 6) is 1.02. The van der Waals surface area contributed by atoms with Crippen LogP contribution < -0.4 is 5.32 Å². The van der Waals surface area contributed by atoms with Crippen LogP contribution in [0.2, 0.25) is 0 Å². The molecule has 0 aliphatic carbocycles. The quantitative estimate of drug-likeness (QED) is 0.904. The zero-order valence-corrected chi connectivity index (χ0v) is 13.6. The Labute approximate surface area is 131 Å². The summed E-state index contributed by atoms with van der Waals surface area (Å²) in [5, 5.41) is 3.59. The Bertz CT molecular complexity index is 467. The van der Waals surface area contributed by atoms with Crippen LogP contribution in [-0.2, 0) is 11.3 Å². The molecule has 0 spiro atoms. The van der Waals surface area contributed by atoms with Gasteiger partial charge in [-0.2, -0.15) is 11.8 Å². The van der Waals surface area contributed by atoms with E-state index in [2.05, 4.69) is 12.2 Å². The minimum Gasteiger partial charge on any atom is -0.377 e. The average molecular weight is 308 g/mol. The van der Waals surface area contributed by atoms with Crippen LogP contribution in [0.3, 0.4) is 0 Å². The minimum absolute atomic E-state index is 0.00213. The fourth-order valence-corrected chi connectivity index (χ4v) is 3.51. The van der Waals surface area contributed by atoms with Crippen molar-refractivity contribution in [3.8, 4) is 0 Å². The number of anilines is 1. The first-order chi connectivity index (χ1) is 10.2. The van der Waals surface area contributed by atoms with Crippen LogP contribution in [-0.4, -0.2) is 41.6 Å². The van der Waals surface area contributed by atoms with Crippen molar-refractivity contribution < 1.29 is 9.53 Å². The highest BCUT2D eigenvalue weighted by Crippen LogP contribution is 2.22. The van der Waals surface area contributed by atoms with E-state index in [1.807, 2.05) is 47.9 Å². The molecule has 1 aromatic rings. The normalized spacial score (nSPS) is 18.6. The zero-order valence-electron chi connectivity index (χ0n) is 12.8. The van der Waals surface area contributed by atoms with Gasteiger partial charge in [0.05, 0.1) is 6.61 Å². The topological polar surface area (TPSA) is 41.6 Å². The van der Waals surface area contributed by atoms with Crippen LogP contribution in [0.5, 0.6) is 0 Å². The highest BCUT2D eigenvalue weighted by molar-refractivity contribution is 8.00. The Morgan fingerprint density at radius 2 is 2.24 bits per heavy atom. The van der Waals surface area contributed by atoms with E-state index in [0.717, 1.165) is 36.5 Å². The van der Waals surface area contributed by atoms with Gasteiger partial charge in [0, 0.05) is 42.0 Å². The molecule has 1 aliphatic heterocycles. The van der Waals surface area contributed by atoms with Crippen LogP contribution in [0.25, 0.3) is 0 Å². The maximum Gasteiger partial charge on any atom is 0.321 e. The molecule has 0 aromatic heterocycles. The molecule has 1 atom stereocenters. The predicted molar refractivity (Wildman–Crippen MR) is 88.9 cm³/mol. The van der Waals surface area contributed by atoms with Gasteiger partial charge in [0.2, 0.25) is 0 Å². The molecule has 5 heteroatoms. The number of rotatable bonds is 5. The number of para-hydroxylation sites is 1. The lowest BCUT2D eigenvalue weighted by Crippen LogP contribution is -2.44. The number of urea groups is 1. The molecule has 2 rings (SSSR count). The molecule has 21 heavy (non-hydrogen) atoms. The van der Waals surface area contributed by atoms with E-state index in [0.29, 0.717) is 18.5 Å². The lowest BCUT2D eigenvalue weighted by molar-refractivity contribution is 0.134. The van der Waals surface area contributed by atoms with Gasteiger partial charge in [-0.25, -0.2) is 4.79 Å². The van der Waals surface area contributed by atoms with Gasteiger partial charge in [-0.05, 0) is 19.4 Å². The van der Waals surface area contributed by atoms with Gasteiger partial charge in [-0.1, -0.05) is 25.1 Å². The highest BCUT2D eigenvalue weighted by Gasteiger charge is 2.23. The lowest BCUT2D eigenvalue weighted by Gasteiger charge is -2.32. The number of thioether (sulfide) groups is 1. The number of amides is 2. The second-order valence-corrected chi connectivity index (χ2v) is 6.48. The van der Waals surface area contributed by atoms with E-state index in [9.17, 15) is 4.79 Å². The molecule has 0 radical (unpaired) electrons. The number of hydrogen-bond acceptors (Lipinski definition) is 3. The molecule has 0 unspecified atom stereocenters. The molecule has 1 saturated heterocycles. The van der Waals surface area contributed by atoms with Crippen molar-refractivity contribution in [2.75, 3.05) is 30.8 Å². The third kappa shape index (κ3) is 4.64. The Kier molecular flexibility index (Phi) is 6.39. The van der Waals surface area contributed by atoms with E-state index in [1.165, 1.54) is 0 Å². The number of carbonyl (C=O) groups excluding carboxylic acids is 1. The van der Waals surface area contributed by atoms with Crippen LogP contribution >= 0.6 is 11.8 Å². The van der Waals surface area contributed by atoms with Gasteiger partial charge in [0.25, 0.3) is 0 Å². The minimum atomic E-state index is -0.00213. The van der Waals surface area contributed by atoms with Crippen molar-refractivity contribution in [3.63, 3.8) is 0 Å². The molecule has 1 heterocycles. The molecule has 116 valence electrons. The second kappa shape index (κ2) is 8.29. The summed E-state index contributed by atoms with van der Waals surface area (Å²) in [6.07, 6.45) is 1.11. The maximum absolute atomic E-state index is 12.4. The fourth-order valence-electron chi connectivity index (χ4n) is 2.33. The molecule has 1 aromatic carbocycles. The maximum atomic E-state index is 12.4. The van der Waals surface area contributed by atoms with Crippen LogP contribution in [0.1, 0.15) is 25.8 Å². The van der Waals surface area contributed by atoms with E-state index in [4.69, 9.17) is 4.74 Å². The Balaban J connectivity index is 1.98. The third-order valence-electron chi connectivity index (χ3n) is 3.60. The smallest absolute Gasteiger partial charge is 0.321 e. The van der Waals surface area contributed by atoms with E-state index in [-0.39, 0.29) is 6.03 Å². The molecule has 1 fully saturated rings. The summed E-state index contributed by atoms with van der Waals surface area (Å²) in [6.45, 7) is 7.00. The Morgan fingerprint density at radius 1 is 1.43 bits per heavy atom. The average Bonchev–Trinajstić information content (AvgIpc) is 2.54.